The highest BCUT2D eigenvalue weighted by atomic mass is 35.5. The highest BCUT2D eigenvalue weighted by Gasteiger charge is 2.60. The average molecular weight is 470 g/mol. The van der Waals surface area contributed by atoms with Crippen LogP contribution in [0.2, 0.25) is 10.0 Å². The molecule has 0 radical (unpaired) electrons. The van der Waals surface area contributed by atoms with Crippen LogP contribution in [0.15, 0.2) is 30.3 Å². The van der Waals surface area contributed by atoms with Crippen LogP contribution in [0.1, 0.15) is 17.0 Å². The zero-order valence-electron chi connectivity index (χ0n) is 15.6. The lowest BCUT2D eigenvalue weighted by molar-refractivity contribution is -0.138. The summed E-state index contributed by atoms with van der Waals surface area (Å²) < 4.78 is 28.1. The SMILES string of the molecule is O=C(O)CNC(=O)[C@@H]1NC[C@]2(C(=O)Nc3cc(Cl)c(F)cc32)[C@H]1c1ccc(F)c(Cl)c1. The Hall–Kier alpha value is -2.75. The summed E-state index contributed by atoms with van der Waals surface area (Å²) in [6.45, 7) is -0.689. The molecule has 2 aromatic carbocycles. The van der Waals surface area contributed by atoms with Crippen LogP contribution in [0.25, 0.3) is 0 Å². The lowest BCUT2D eigenvalue weighted by Gasteiger charge is -2.31. The fourth-order valence-electron chi connectivity index (χ4n) is 4.34. The molecule has 2 aliphatic rings. The van der Waals surface area contributed by atoms with E-state index in [0.717, 1.165) is 12.1 Å². The summed E-state index contributed by atoms with van der Waals surface area (Å²) >= 11 is 11.8. The zero-order chi connectivity index (χ0) is 22.5. The van der Waals surface area contributed by atoms with Gasteiger partial charge in [0.25, 0.3) is 0 Å². The highest BCUT2D eigenvalue weighted by Crippen LogP contribution is 2.52. The van der Waals surface area contributed by atoms with Crippen molar-refractivity contribution < 1.29 is 28.3 Å². The van der Waals surface area contributed by atoms with Crippen LogP contribution >= 0.6 is 23.2 Å². The number of amides is 2. The number of halogens is 4. The van der Waals surface area contributed by atoms with E-state index in [9.17, 15) is 23.2 Å². The summed E-state index contributed by atoms with van der Waals surface area (Å²) in [5.74, 6) is -4.81. The predicted molar refractivity (Wildman–Crippen MR) is 108 cm³/mol. The maximum atomic E-state index is 14.3. The minimum absolute atomic E-state index is 0.0578. The molecule has 0 aromatic heterocycles. The Morgan fingerprint density at radius 3 is 2.55 bits per heavy atom. The molecule has 11 heteroatoms. The van der Waals surface area contributed by atoms with E-state index in [2.05, 4.69) is 16.0 Å². The third-order valence-corrected chi connectivity index (χ3v) is 6.24. The van der Waals surface area contributed by atoms with Gasteiger partial charge in [0.05, 0.1) is 21.5 Å². The van der Waals surface area contributed by atoms with Crippen LogP contribution in [0, 0.1) is 11.6 Å². The Balaban J connectivity index is 1.87. The molecule has 162 valence electrons. The van der Waals surface area contributed by atoms with Crippen molar-refractivity contribution in [2.24, 2.45) is 0 Å². The maximum absolute atomic E-state index is 14.3. The van der Waals surface area contributed by atoms with E-state index < -0.39 is 53.3 Å². The second-order valence-corrected chi connectivity index (χ2v) is 8.17. The standard InChI is InChI=1S/C20H15Cl2F2N3O4/c21-10-3-8(1-2-12(10)23)16-17(18(30)25-6-15(28)29)26-7-20(16)9-4-13(24)11(22)5-14(9)27-19(20)31/h1-5,16-17,26H,6-7H2,(H,25,30)(H,27,31)(H,28,29)/t16-,17+,20+/m0/s1. The van der Waals surface area contributed by atoms with Crippen molar-refractivity contribution >= 4 is 46.7 Å². The Kier molecular flexibility index (Phi) is 5.36. The van der Waals surface area contributed by atoms with Gasteiger partial charge in [0.15, 0.2) is 0 Å². The first-order valence-corrected chi connectivity index (χ1v) is 9.89. The van der Waals surface area contributed by atoms with Gasteiger partial charge >= 0.3 is 5.97 Å². The molecule has 1 saturated heterocycles. The molecule has 2 aromatic rings. The monoisotopic (exact) mass is 469 g/mol. The Morgan fingerprint density at radius 1 is 1.16 bits per heavy atom. The van der Waals surface area contributed by atoms with Gasteiger partial charge in [-0.2, -0.15) is 0 Å². The van der Waals surface area contributed by atoms with E-state index in [-0.39, 0.29) is 22.2 Å². The number of nitrogens with one attached hydrogen (secondary N) is 3. The van der Waals surface area contributed by atoms with E-state index in [4.69, 9.17) is 28.3 Å². The lowest BCUT2D eigenvalue weighted by Crippen LogP contribution is -2.47. The van der Waals surface area contributed by atoms with Gasteiger partial charge in [0.2, 0.25) is 11.8 Å². The first kappa shape index (κ1) is 21.5. The largest absolute Gasteiger partial charge is 0.480 e. The van der Waals surface area contributed by atoms with E-state index in [1.54, 1.807) is 0 Å². The van der Waals surface area contributed by atoms with Gasteiger partial charge in [-0.1, -0.05) is 29.3 Å². The van der Waals surface area contributed by atoms with Gasteiger partial charge < -0.3 is 21.1 Å². The number of carbonyl (C=O) groups is 3. The van der Waals surface area contributed by atoms with Crippen molar-refractivity contribution in [3.05, 3.63) is 63.1 Å². The fourth-order valence-corrected chi connectivity index (χ4v) is 4.70. The molecule has 0 unspecified atom stereocenters. The van der Waals surface area contributed by atoms with Crippen molar-refractivity contribution in [3.63, 3.8) is 0 Å². The molecule has 3 atom stereocenters. The van der Waals surface area contributed by atoms with E-state index in [0.29, 0.717) is 11.3 Å². The number of aliphatic carboxylic acids is 1. The van der Waals surface area contributed by atoms with Crippen LogP contribution in [-0.2, 0) is 19.8 Å². The van der Waals surface area contributed by atoms with E-state index >= 15 is 0 Å². The van der Waals surface area contributed by atoms with Crippen LogP contribution < -0.4 is 16.0 Å². The molecule has 4 rings (SSSR count). The number of benzene rings is 2. The molecule has 31 heavy (non-hydrogen) atoms. The number of anilines is 1. The lowest BCUT2D eigenvalue weighted by atomic mass is 9.68. The molecule has 7 nitrogen and oxygen atoms in total. The van der Waals surface area contributed by atoms with Crippen LogP contribution in [-0.4, -0.2) is 42.0 Å². The Morgan fingerprint density at radius 2 is 1.87 bits per heavy atom. The summed E-state index contributed by atoms with van der Waals surface area (Å²) in [6, 6.07) is 5.13. The van der Waals surface area contributed by atoms with Crippen molar-refractivity contribution in [2.45, 2.75) is 17.4 Å². The number of carboxylic acid groups (broad SMARTS) is 1. The molecule has 1 fully saturated rings. The van der Waals surface area contributed by atoms with Gasteiger partial charge in [0.1, 0.15) is 18.2 Å². The zero-order valence-corrected chi connectivity index (χ0v) is 17.2. The predicted octanol–water partition coefficient (Wildman–Crippen LogP) is 2.42. The van der Waals surface area contributed by atoms with Gasteiger partial charge in [-0.25, -0.2) is 8.78 Å². The smallest absolute Gasteiger partial charge is 0.322 e. The number of rotatable bonds is 4. The number of hydrogen-bond acceptors (Lipinski definition) is 4. The molecule has 2 heterocycles. The average Bonchev–Trinajstić information content (AvgIpc) is 3.23. The molecule has 0 aliphatic carbocycles. The molecular formula is C20H15Cl2F2N3O4. The number of carbonyl (C=O) groups excluding carboxylic acids is 2. The van der Waals surface area contributed by atoms with Gasteiger partial charge in [-0.15, -0.1) is 0 Å². The van der Waals surface area contributed by atoms with Crippen molar-refractivity contribution in [1.82, 2.24) is 10.6 Å². The van der Waals surface area contributed by atoms with Crippen molar-refractivity contribution in [3.8, 4) is 0 Å². The maximum Gasteiger partial charge on any atom is 0.322 e. The second-order valence-electron chi connectivity index (χ2n) is 7.36. The van der Waals surface area contributed by atoms with Crippen LogP contribution in [0.4, 0.5) is 14.5 Å². The summed E-state index contributed by atoms with van der Waals surface area (Å²) in [5.41, 5.74) is -0.508. The molecule has 0 bridgehead atoms. The van der Waals surface area contributed by atoms with Crippen molar-refractivity contribution in [1.29, 1.82) is 0 Å². The topological polar surface area (TPSA) is 108 Å². The van der Waals surface area contributed by atoms with Gasteiger partial charge in [-0.05, 0) is 35.4 Å². The van der Waals surface area contributed by atoms with Gasteiger partial charge in [-0.3, -0.25) is 14.4 Å². The van der Waals surface area contributed by atoms with Gasteiger partial charge in [0, 0.05) is 18.2 Å². The molecule has 1 spiro atoms. The van der Waals surface area contributed by atoms with Crippen molar-refractivity contribution in [2.75, 3.05) is 18.4 Å². The molecule has 2 aliphatic heterocycles. The number of carboxylic acids is 1. The van der Waals surface area contributed by atoms with E-state index in [1.165, 1.54) is 18.2 Å². The summed E-state index contributed by atoms with van der Waals surface area (Å²) in [5, 5.41) is 16.4. The number of fused-ring (bicyclic) bond motifs is 2. The first-order chi connectivity index (χ1) is 14.6. The third-order valence-electron chi connectivity index (χ3n) is 5.66. The van der Waals surface area contributed by atoms with Crippen LogP contribution in [0.3, 0.4) is 0 Å². The third kappa shape index (κ3) is 3.42. The Labute approximate surface area is 184 Å². The first-order valence-electron chi connectivity index (χ1n) is 9.14. The summed E-state index contributed by atoms with van der Waals surface area (Å²) in [6.07, 6.45) is 0. The molecular weight excluding hydrogens is 455 g/mol. The van der Waals surface area contributed by atoms with Crippen LogP contribution in [0.5, 0.6) is 0 Å². The summed E-state index contributed by atoms with van der Waals surface area (Å²) in [7, 11) is 0. The molecule has 0 saturated carbocycles. The normalized spacial score (nSPS) is 24.2. The quantitative estimate of drug-likeness (QED) is 0.549. The highest BCUT2D eigenvalue weighted by molar-refractivity contribution is 6.31. The molecule has 4 N–H and O–H groups in total. The second kappa shape index (κ2) is 7.74. The summed E-state index contributed by atoms with van der Waals surface area (Å²) in [4.78, 5) is 36.9. The minimum atomic E-state index is -1.44. The number of hydrogen-bond donors (Lipinski definition) is 4. The van der Waals surface area contributed by atoms with E-state index in [1.807, 2.05) is 0 Å². The minimum Gasteiger partial charge on any atom is -0.480 e. The molecule has 2 amide bonds. The fraction of sp³-hybridized carbons (Fsp3) is 0.250. The Bertz CT molecular complexity index is 1130.